The van der Waals surface area contributed by atoms with Gasteiger partial charge >= 0.3 is 97.0 Å². The van der Waals surface area contributed by atoms with Crippen LogP contribution in [0.5, 0.6) is 0 Å². The van der Waals surface area contributed by atoms with Crippen molar-refractivity contribution in [3.63, 3.8) is 0 Å². The molecule has 0 unspecified atom stereocenters. The average molecular weight is 324 g/mol. The second-order valence-electron chi connectivity index (χ2n) is 4.98. The van der Waals surface area contributed by atoms with Crippen molar-refractivity contribution in [2.45, 2.75) is 38.9 Å². The normalized spacial score (nSPS) is 13.4. The van der Waals surface area contributed by atoms with Crippen molar-refractivity contribution in [1.29, 1.82) is 0 Å². The maximum atomic E-state index is 3.60. The van der Waals surface area contributed by atoms with Crippen LogP contribution in [0.2, 0.25) is 18.1 Å². The first-order chi connectivity index (χ1) is 5.75. The molecule has 1 aromatic heterocycles. The van der Waals surface area contributed by atoms with Gasteiger partial charge in [-0.3, -0.25) is 0 Å². The Hall–Kier alpha value is 0.696. The molecule has 1 aromatic rings. The van der Waals surface area contributed by atoms with Gasteiger partial charge in [0, 0.05) is 0 Å². The standard InChI is InChI=1S/C10H17BrSeSi/c1-10(2,3)13(4,5)9-7-6-8(11)12-9/h6-7H,1-5H3. The molecule has 1 heterocycles. The Balaban J connectivity index is 3.07. The summed E-state index contributed by atoms with van der Waals surface area (Å²) < 4.78 is 3.14. The van der Waals surface area contributed by atoms with E-state index in [1.807, 2.05) is 0 Å². The molecule has 13 heavy (non-hydrogen) atoms. The van der Waals surface area contributed by atoms with Gasteiger partial charge in [0.25, 0.3) is 0 Å². The van der Waals surface area contributed by atoms with Crippen molar-refractivity contribution in [1.82, 2.24) is 0 Å². The van der Waals surface area contributed by atoms with Crippen LogP contribution < -0.4 is 4.06 Å². The van der Waals surface area contributed by atoms with E-state index in [2.05, 4.69) is 61.9 Å². The molecule has 0 aliphatic carbocycles. The summed E-state index contributed by atoms with van der Waals surface area (Å²) in [7, 11) is -1.21. The molecule has 3 heteroatoms. The predicted octanol–water partition coefficient (Wildman–Crippen LogP) is 3.22. The van der Waals surface area contributed by atoms with Crippen LogP contribution in [0.3, 0.4) is 0 Å². The first kappa shape index (κ1) is 11.8. The van der Waals surface area contributed by atoms with Gasteiger partial charge in [0.2, 0.25) is 0 Å². The van der Waals surface area contributed by atoms with Crippen molar-refractivity contribution in [2.75, 3.05) is 0 Å². The Morgan fingerprint density at radius 2 is 1.77 bits per heavy atom. The van der Waals surface area contributed by atoms with Gasteiger partial charge in [0.05, 0.1) is 0 Å². The first-order valence-corrected chi connectivity index (χ1v) is 10.0. The maximum absolute atomic E-state index is 3.60. The minimum atomic E-state index is -1.21. The molecule has 0 fully saturated rings. The quantitative estimate of drug-likeness (QED) is 0.696. The molecule has 0 aromatic carbocycles. The van der Waals surface area contributed by atoms with E-state index >= 15 is 0 Å². The number of hydrogen-bond acceptors (Lipinski definition) is 0. The summed E-state index contributed by atoms with van der Waals surface area (Å²) in [4.78, 5) is 0. The van der Waals surface area contributed by atoms with E-state index in [1.165, 1.54) is 3.35 Å². The van der Waals surface area contributed by atoms with E-state index in [-0.39, 0.29) is 0 Å². The van der Waals surface area contributed by atoms with Crippen molar-refractivity contribution in [3.05, 3.63) is 15.5 Å². The molecule has 0 saturated carbocycles. The van der Waals surface area contributed by atoms with Gasteiger partial charge in [-0.2, -0.15) is 0 Å². The van der Waals surface area contributed by atoms with Crippen LogP contribution in [0, 0.1) is 0 Å². The fraction of sp³-hybridized carbons (Fsp3) is 0.600. The van der Waals surface area contributed by atoms with Gasteiger partial charge < -0.3 is 0 Å². The van der Waals surface area contributed by atoms with Crippen LogP contribution in [-0.4, -0.2) is 22.6 Å². The molecular formula is C10H17BrSeSi. The average Bonchev–Trinajstić information content (AvgIpc) is 2.33. The van der Waals surface area contributed by atoms with Gasteiger partial charge in [-0.15, -0.1) is 0 Å². The summed E-state index contributed by atoms with van der Waals surface area (Å²) in [6.45, 7) is 12.1. The van der Waals surface area contributed by atoms with Crippen LogP contribution in [0.1, 0.15) is 20.8 Å². The number of halogens is 1. The van der Waals surface area contributed by atoms with E-state index < -0.39 is 8.07 Å². The summed E-state index contributed by atoms with van der Waals surface area (Å²) in [6, 6.07) is 4.58. The molecule has 0 aliphatic rings. The Labute approximate surface area is 96.6 Å². The molecule has 74 valence electrons. The van der Waals surface area contributed by atoms with Gasteiger partial charge in [0.15, 0.2) is 0 Å². The topological polar surface area (TPSA) is 0 Å². The van der Waals surface area contributed by atoms with Crippen LogP contribution >= 0.6 is 15.9 Å². The van der Waals surface area contributed by atoms with Crippen LogP contribution in [0.15, 0.2) is 15.5 Å². The van der Waals surface area contributed by atoms with Crippen LogP contribution in [0.25, 0.3) is 0 Å². The number of hydrogen-bond donors (Lipinski definition) is 0. The summed E-state index contributed by atoms with van der Waals surface area (Å²) in [6.07, 6.45) is 0. The Kier molecular flexibility index (Phi) is 3.34. The Morgan fingerprint density at radius 1 is 1.23 bits per heavy atom. The molecule has 0 bridgehead atoms. The third kappa shape index (κ3) is 2.38. The SMILES string of the molecule is CC(C)(C)[Si](C)(C)c1ccc(Br)[se]1. The Morgan fingerprint density at radius 3 is 2.08 bits per heavy atom. The van der Waals surface area contributed by atoms with Gasteiger partial charge in [-0.05, 0) is 0 Å². The first-order valence-electron chi connectivity index (χ1n) is 4.51. The van der Waals surface area contributed by atoms with Crippen LogP contribution in [0.4, 0.5) is 0 Å². The molecule has 0 N–H and O–H groups in total. The molecular weight excluding hydrogens is 307 g/mol. The second kappa shape index (κ2) is 3.69. The molecule has 0 atom stereocenters. The molecule has 0 nitrogen and oxygen atoms in total. The summed E-state index contributed by atoms with van der Waals surface area (Å²) in [5.74, 6) is 0. The summed E-state index contributed by atoms with van der Waals surface area (Å²) >= 11 is 4.18. The zero-order valence-corrected chi connectivity index (χ0v) is 13.2. The van der Waals surface area contributed by atoms with Crippen molar-refractivity contribution in [2.24, 2.45) is 0 Å². The summed E-state index contributed by atoms with van der Waals surface area (Å²) in [5.41, 5.74) is 0. The van der Waals surface area contributed by atoms with E-state index in [0.717, 1.165) is 0 Å². The van der Waals surface area contributed by atoms with E-state index in [9.17, 15) is 0 Å². The van der Waals surface area contributed by atoms with E-state index in [0.29, 0.717) is 19.5 Å². The number of rotatable bonds is 1. The molecule has 0 saturated heterocycles. The van der Waals surface area contributed by atoms with E-state index in [1.54, 1.807) is 4.06 Å². The zero-order chi connectivity index (χ0) is 10.3. The van der Waals surface area contributed by atoms with Crippen molar-refractivity contribution >= 4 is 42.6 Å². The van der Waals surface area contributed by atoms with E-state index in [4.69, 9.17) is 0 Å². The van der Waals surface area contributed by atoms with Crippen LogP contribution in [-0.2, 0) is 0 Å². The zero-order valence-electron chi connectivity index (χ0n) is 8.94. The molecule has 0 amide bonds. The predicted molar refractivity (Wildman–Crippen MR) is 67.9 cm³/mol. The monoisotopic (exact) mass is 324 g/mol. The molecule has 0 aliphatic heterocycles. The minimum absolute atomic E-state index is 0.478. The van der Waals surface area contributed by atoms with Gasteiger partial charge in [0.1, 0.15) is 0 Å². The van der Waals surface area contributed by atoms with Crippen molar-refractivity contribution in [3.8, 4) is 0 Å². The van der Waals surface area contributed by atoms with Gasteiger partial charge in [-0.25, -0.2) is 0 Å². The van der Waals surface area contributed by atoms with Gasteiger partial charge in [-0.1, -0.05) is 0 Å². The summed E-state index contributed by atoms with van der Waals surface area (Å²) in [5, 5.41) is 0.478. The molecule has 1 rings (SSSR count). The second-order valence-corrected chi connectivity index (χ2v) is 15.4. The third-order valence-electron chi connectivity index (χ3n) is 3.06. The molecule has 0 spiro atoms. The third-order valence-corrected chi connectivity index (χ3v) is 14.5. The Bertz CT molecular complexity index is 296. The fourth-order valence-electron chi connectivity index (χ4n) is 1.02. The molecule has 0 radical (unpaired) electrons. The fourth-order valence-corrected chi connectivity index (χ4v) is 9.45. The van der Waals surface area contributed by atoms with Crippen molar-refractivity contribution < 1.29 is 0 Å².